The Morgan fingerprint density at radius 3 is 2.67 bits per heavy atom. The van der Waals surface area contributed by atoms with Crippen LogP contribution < -0.4 is 10.1 Å². The highest BCUT2D eigenvalue weighted by Gasteiger charge is 2.42. The molecule has 2 bridgehead atoms. The Morgan fingerprint density at radius 2 is 1.93 bits per heavy atom. The summed E-state index contributed by atoms with van der Waals surface area (Å²) in [5.41, 5.74) is 1.49. The van der Waals surface area contributed by atoms with Gasteiger partial charge in [0, 0.05) is 16.6 Å². The van der Waals surface area contributed by atoms with E-state index in [1.165, 1.54) is 25.7 Å². The van der Waals surface area contributed by atoms with Gasteiger partial charge in [-0.25, -0.2) is 0 Å². The van der Waals surface area contributed by atoms with E-state index in [4.69, 9.17) is 16.3 Å². The van der Waals surface area contributed by atoms with E-state index in [9.17, 15) is 4.79 Å². The molecule has 4 rings (SSSR count). The molecular weight excluding hydrogens is 358 g/mol. The normalized spacial score (nSPS) is 24.6. The van der Waals surface area contributed by atoms with Gasteiger partial charge < -0.3 is 10.1 Å². The van der Waals surface area contributed by atoms with Crippen molar-refractivity contribution in [1.82, 2.24) is 5.32 Å². The van der Waals surface area contributed by atoms with Gasteiger partial charge in [-0.05, 0) is 62.1 Å². The molecule has 0 saturated heterocycles. The SMILES string of the molecule is C[C@@H](NC(=O)c1ccccc1OCc1ccccc1Cl)[C@H]1C[C@@H]2CC[C@@H]1C2. The predicted molar refractivity (Wildman–Crippen MR) is 108 cm³/mol. The summed E-state index contributed by atoms with van der Waals surface area (Å²) in [6.45, 7) is 2.49. The van der Waals surface area contributed by atoms with Crippen molar-refractivity contribution in [3.63, 3.8) is 0 Å². The summed E-state index contributed by atoms with van der Waals surface area (Å²) in [5.74, 6) is 2.82. The topological polar surface area (TPSA) is 38.3 Å². The number of hydrogen-bond donors (Lipinski definition) is 1. The first-order valence-corrected chi connectivity index (χ1v) is 10.3. The average Bonchev–Trinajstić information content (AvgIpc) is 3.31. The van der Waals surface area contributed by atoms with Gasteiger partial charge >= 0.3 is 0 Å². The van der Waals surface area contributed by atoms with Gasteiger partial charge in [0.05, 0.1) is 5.56 Å². The number of benzene rings is 2. The summed E-state index contributed by atoms with van der Waals surface area (Å²) in [5, 5.41) is 3.90. The Kier molecular flexibility index (Phi) is 5.40. The highest BCUT2D eigenvalue weighted by molar-refractivity contribution is 6.31. The summed E-state index contributed by atoms with van der Waals surface area (Å²) in [6, 6.07) is 15.2. The number of carbonyl (C=O) groups is 1. The van der Waals surface area contributed by atoms with Gasteiger partial charge in [-0.3, -0.25) is 4.79 Å². The Balaban J connectivity index is 1.42. The zero-order valence-corrected chi connectivity index (χ0v) is 16.4. The number of ether oxygens (including phenoxy) is 1. The van der Waals surface area contributed by atoms with Crippen LogP contribution in [0.15, 0.2) is 48.5 Å². The molecule has 2 aliphatic rings. The molecule has 2 aliphatic carbocycles. The molecule has 1 amide bonds. The number of amides is 1. The van der Waals surface area contributed by atoms with Crippen LogP contribution in [0, 0.1) is 17.8 Å². The van der Waals surface area contributed by atoms with E-state index in [1.807, 2.05) is 48.5 Å². The maximum absolute atomic E-state index is 12.9. The van der Waals surface area contributed by atoms with E-state index < -0.39 is 0 Å². The number of fused-ring (bicyclic) bond motifs is 2. The lowest BCUT2D eigenvalue weighted by atomic mass is 9.84. The fourth-order valence-corrected chi connectivity index (χ4v) is 5.04. The van der Waals surface area contributed by atoms with Gasteiger partial charge in [-0.1, -0.05) is 48.4 Å². The van der Waals surface area contributed by atoms with E-state index in [0.29, 0.717) is 28.9 Å². The van der Waals surface area contributed by atoms with Crippen LogP contribution in [-0.2, 0) is 6.61 Å². The Hall–Kier alpha value is -2.00. The monoisotopic (exact) mass is 383 g/mol. The van der Waals surface area contributed by atoms with Gasteiger partial charge in [-0.2, -0.15) is 0 Å². The number of para-hydroxylation sites is 1. The lowest BCUT2D eigenvalue weighted by molar-refractivity contribution is 0.0910. The molecule has 27 heavy (non-hydrogen) atoms. The van der Waals surface area contributed by atoms with Crippen LogP contribution in [0.25, 0.3) is 0 Å². The van der Waals surface area contributed by atoms with Gasteiger partial charge in [0.25, 0.3) is 5.91 Å². The zero-order valence-electron chi connectivity index (χ0n) is 15.7. The van der Waals surface area contributed by atoms with E-state index in [1.54, 1.807) is 0 Å². The third-order valence-corrected chi connectivity index (χ3v) is 6.64. The molecule has 0 spiro atoms. The van der Waals surface area contributed by atoms with Crippen LogP contribution in [0.3, 0.4) is 0 Å². The van der Waals surface area contributed by atoms with Crippen LogP contribution in [-0.4, -0.2) is 11.9 Å². The summed E-state index contributed by atoms with van der Waals surface area (Å²) >= 11 is 6.21. The van der Waals surface area contributed by atoms with Crippen molar-refractivity contribution >= 4 is 17.5 Å². The molecule has 4 atom stereocenters. The third-order valence-electron chi connectivity index (χ3n) is 6.27. The number of carbonyl (C=O) groups excluding carboxylic acids is 1. The molecule has 142 valence electrons. The molecule has 0 unspecified atom stereocenters. The minimum Gasteiger partial charge on any atom is -0.488 e. The summed E-state index contributed by atoms with van der Waals surface area (Å²) in [7, 11) is 0. The first kappa shape index (κ1) is 18.4. The van der Waals surface area contributed by atoms with E-state index in [2.05, 4.69) is 12.2 Å². The molecule has 0 heterocycles. The smallest absolute Gasteiger partial charge is 0.255 e. The molecule has 3 nitrogen and oxygen atoms in total. The van der Waals surface area contributed by atoms with Crippen LogP contribution in [0.1, 0.15) is 48.5 Å². The van der Waals surface area contributed by atoms with Gasteiger partial charge in [0.1, 0.15) is 12.4 Å². The highest BCUT2D eigenvalue weighted by Crippen LogP contribution is 2.49. The Morgan fingerprint density at radius 1 is 1.15 bits per heavy atom. The highest BCUT2D eigenvalue weighted by atomic mass is 35.5. The molecule has 0 radical (unpaired) electrons. The van der Waals surface area contributed by atoms with Crippen molar-refractivity contribution in [2.24, 2.45) is 17.8 Å². The average molecular weight is 384 g/mol. The number of nitrogens with one attached hydrogen (secondary N) is 1. The Bertz CT molecular complexity index is 822. The fraction of sp³-hybridized carbons (Fsp3) is 0.435. The minimum atomic E-state index is -0.0555. The number of halogens is 1. The van der Waals surface area contributed by atoms with Gasteiger partial charge in [0.2, 0.25) is 0 Å². The fourth-order valence-electron chi connectivity index (χ4n) is 4.85. The summed E-state index contributed by atoms with van der Waals surface area (Å²) < 4.78 is 5.94. The molecule has 4 heteroatoms. The second-order valence-electron chi connectivity index (χ2n) is 7.98. The van der Waals surface area contributed by atoms with Crippen molar-refractivity contribution in [3.05, 3.63) is 64.7 Å². The third kappa shape index (κ3) is 3.98. The first-order valence-electron chi connectivity index (χ1n) is 9.88. The maximum atomic E-state index is 12.9. The molecule has 2 saturated carbocycles. The van der Waals surface area contributed by atoms with E-state index in [0.717, 1.165) is 17.4 Å². The Labute approximate surface area is 166 Å². The number of rotatable bonds is 6. The zero-order chi connectivity index (χ0) is 18.8. The van der Waals surface area contributed by atoms with Crippen molar-refractivity contribution in [2.45, 2.75) is 45.3 Å². The number of hydrogen-bond acceptors (Lipinski definition) is 2. The van der Waals surface area contributed by atoms with Crippen molar-refractivity contribution < 1.29 is 9.53 Å². The summed E-state index contributed by atoms with van der Waals surface area (Å²) in [6.07, 6.45) is 5.31. The second kappa shape index (κ2) is 7.93. The molecule has 0 aromatic heterocycles. The minimum absolute atomic E-state index is 0.0555. The standard InChI is InChI=1S/C23H26ClNO2/c1-15(20-13-16-10-11-17(20)12-16)25-23(26)19-7-3-5-9-22(19)27-14-18-6-2-4-8-21(18)24/h2-9,15-17,20H,10-14H2,1H3,(H,25,26)/t15-,16-,17-,20-/m1/s1. The summed E-state index contributed by atoms with van der Waals surface area (Å²) in [4.78, 5) is 12.9. The molecule has 0 aliphatic heterocycles. The predicted octanol–water partition coefficient (Wildman–Crippen LogP) is 5.47. The van der Waals surface area contributed by atoms with Crippen LogP contribution in [0.5, 0.6) is 5.75 Å². The van der Waals surface area contributed by atoms with E-state index in [-0.39, 0.29) is 11.9 Å². The molecule has 2 aromatic rings. The second-order valence-corrected chi connectivity index (χ2v) is 8.38. The largest absolute Gasteiger partial charge is 0.488 e. The van der Waals surface area contributed by atoms with Gasteiger partial charge in [0.15, 0.2) is 0 Å². The molecule has 2 aromatic carbocycles. The molecule has 1 N–H and O–H groups in total. The first-order chi connectivity index (χ1) is 13.1. The van der Waals surface area contributed by atoms with Crippen LogP contribution in [0.2, 0.25) is 5.02 Å². The molecule has 2 fully saturated rings. The van der Waals surface area contributed by atoms with Crippen LogP contribution in [0.4, 0.5) is 0 Å². The lowest BCUT2D eigenvalue weighted by Gasteiger charge is -2.28. The van der Waals surface area contributed by atoms with E-state index >= 15 is 0 Å². The van der Waals surface area contributed by atoms with Crippen LogP contribution >= 0.6 is 11.6 Å². The van der Waals surface area contributed by atoms with Crippen molar-refractivity contribution in [3.8, 4) is 5.75 Å². The van der Waals surface area contributed by atoms with Gasteiger partial charge in [-0.15, -0.1) is 0 Å². The quantitative estimate of drug-likeness (QED) is 0.717. The molecular formula is C23H26ClNO2. The van der Waals surface area contributed by atoms with Crippen molar-refractivity contribution in [2.75, 3.05) is 0 Å². The van der Waals surface area contributed by atoms with Crippen molar-refractivity contribution in [1.29, 1.82) is 0 Å². The maximum Gasteiger partial charge on any atom is 0.255 e. The lowest BCUT2D eigenvalue weighted by Crippen LogP contribution is -2.40.